The fraction of sp³-hybridized carbons (Fsp3) is 0.632. The standard InChI is InChI=1S/C19H27N3O2/c1-14(2)10-17(23)22-9-7-19(13-22)11-16(19)18(24)21(3)12-15-6-4-5-8-20-15/h4-6,8,14,16H,7,9-13H2,1-3H3/t16-,19-/m1/s1. The van der Waals surface area contributed by atoms with E-state index >= 15 is 0 Å². The van der Waals surface area contributed by atoms with Crippen LogP contribution in [0.5, 0.6) is 0 Å². The number of aromatic nitrogens is 1. The summed E-state index contributed by atoms with van der Waals surface area (Å²) in [5.74, 6) is 0.888. The zero-order valence-electron chi connectivity index (χ0n) is 14.9. The van der Waals surface area contributed by atoms with E-state index in [0.717, 1.165) is 31.6 Å². The van der Waals surface area contributed by atoms with E-state index in [0.29, 0.717) is 18.9 Å². The van der Waals surface area contributed by atoms with Crippen LogP contribution in [-0.4, -0.2) is 46.7 Å². The second-order valence-electron chi connectivity index (χ2n) is 7.80. The lowest BCUT2D eigenvalue weighted by Crippen LogP contribution is -2.32. The van der Waals surface area contributed by atoms with E-state index in [1.165, 1.54) is 0 Å². The molecule has 0 radical (unpaired) electrons. The predicted octanol–water partition coefficient (Wildman–Crippen LogP) is 2.32. The molecule has 3 rings (SSSR count). The van der Waals surface area contributed by atoms with Crippen molar-refractivity contribution in [2.24, 2.45) is 17.3 Å². The molecule has 0 aromatic carbocycles. The van der Waals surface area contributed by atoms with E-state index < -0.39 is 0 Å². The third-order valence-corrected chi connectivity index (χ3v) is 5.31. The molecule has 0 N–H and O–H groups in total. The molecule has 5 heteroatoms. The molecule has 130 valence electrons. The maximum atomic E-state index is 12.7. The lowest BCUT2D eigenvalue weighted by Gasteiger charge is -2.20. The molecule has 0 unspecified atom stereocenters. The van der Waals surface area contributed by atoms with Crippen LogP contribution in [0.2, 0.25) is 0 Å². The number of hydrogen-bond donors (Lipinski definition) is 0. The first-order valence-electron chi connectivity index (χ1n) is 8.84. The van der Waals surface area contributed by atoms with Crippen molar-refractivity contribution >= 4 is 11.8 Å². The van der Waals surface area contributed by atoms with Crippen molar-refractivity contribution in [3.63, 3.8) is 0 Å². The van der Waals surface area contributed by atoms with Gasteiger partial charge in [0.05, 0.1) is 12.2 Å². The zero-order valence-corrected chi connectivity index (χ0v) is 14.9. The van der Waals surface area contributed by atoms with Crippen LogP contribution in [0.1, 0.15) is 38.8 Å². The predicted molar refractivity (Wildman–Crippen MR) is 91.9 cm³/mol. The Balaban J connectivity index is 1.55. The number of rotatable bonds is 5. The summed E-state index contributed by atoms with van der Waals surface area (Å²) in [6.07, 6.45) is 4.24. The van der Waals surface area contributed by atoms with Crippen LogP contribution in [0.3, 0.4) is 0 Å². The van der Waals surface area contributed by atoms with Crippen molar-refractivity contribution in [1.29, 1.82) is 0 Å². The minimum Gasteiger partial charge on any atom is -0.342 e. The summed E-state index contributed by atoms with van der Waals surface area (Å²) < 4.78 is 0. The SMILES string of the molecule is CC(C)CC(=O)N1CC[C@@]2(C[C@@H]2C(=O)N(C)Cc2ccccn2)C1. The van der Waals surface area contributed by atoms with Crippen LogP contribution in [0, 0.1) is 17.3 Å². The quantitative estimate of drug-likeness (QED) is 0.833. The van der Waals surface area contributed by atoms with Crippen LogP contribution in [0.15, 0.2) is 24.4 Å². The largest absolute Gasteiger partial charge is 0.342 e. The average Bonchev–Trinajstić information content (AvgIpc) is 3.06. The van der Waals surface area contributed by atoms with Gasteiger partial charge in [-0.05, 0) is 30.9 Å². The smallest absolute Gasteiger partial charge is 0.226 e. The highest BCUT2D eigenvalue weighted by Gasteiger charge is 2.61. The number of pyridine rings is 1. The number of carbonyl (C=O) groups excluding carboxylic acids is 2. The summed E-state index contributed by atoms with van der Waals surface area (Å²) in [6.45, 7) is 6.24. The lowest BCUT2D eigenvalue weighted by molar-refractivity contribution is -0.134. The van der Waals surface area contributed by atoms with Gasteiger partial charge >= 0.3 is 0 Å². The molecule has 2 amide bonds. The first kappa shape index (κ1) is 16.9. The van der Waals surface area contributed by atoms with E-state index in [9.17, 15) is 9.59 Å². The maximum Gasteiger partial charge on any atom is 0.226 e. The molecule has 2 heterocycles. The average molecular weight is 329 g/mol. The highest BCUT2D eigenvalue weighted by atomic mass is 16.2. The third-order valence-electron chi connectivity index (χ3n) is 5.31. The first-order valence-corrected chi connectivity index (χ1v) is 8.84. The number of nitrogens with zero attached hydrogens (tertiary/aromatic N) is 3. The second kappa shape index (κ2) is 6.54. The normalized spacial score (nSPS) is 25.3. The number of likely N-dealkylation sites (tertiary alicyclic amines) is 1. The van der Waals surface area contributed by atoms with Gasteiger partial charge in [-0.1, -0.05) is 19.9 Å². The van der Waals surface area contributed by atoms with Crippen LogP contribution in [0.25, 0.3) is 0 Å². The van der Waals surface area contributed by atoms with Gasteiger partial charge in [-0.3, -0.25) is 14.6 Å². The Morgan fingerprint density at radius 3 is 2.88 bits per heavy atom. The van der Waals surface area contributed by atoms with Crippen molar-refractivity contribution in [3.05, 3.63) is 30.1 Å². The van der Waals surface area contributed by atoms with Gasteiger partial charge in [-0.2, -0.15) is 0 Å². The Kier molecular flexibility index (Phi) is 4.61. The maximum absolute atomic E-state index is 12.7. The first-order chi connectivity index (χ1) is 11.4. The second-order valence-corrected chi connectivity index (χ2v) is 7.80. The molecule has 2 aliphatic rings. The highest BCUT2D eigenvalue weighted by molar-refractivity contribution is 5.83. The van der Waals surface area contributed by atoms with E-state index in [-0.39, 0.29) is 23.1 Å². The molecule has 1 saturated carbocycles. The third kappa shape index (κ3) is 3.45. The van der Waals surface area contributed by atoms with Crippen molar-refractivity contribution < 1.29 is 9.59 Å². The Hall–Kier alpha value is -1.91. The van der Waals surface area contributed by atoms with E-state index in [1.54, 1.807) is 11.1 Å². The van der Waals surface area contributed by atoms with Gasteiger partial charge in [-0.25, -0.2) is 0 Å². The van der Waals surface area contributed by atoms with Gasteiger partial charge in [-0.15, -0.1) is 0 Å². The van der Waals surface area contributed by atoms with Gasteiger partial charge in [0, 0.05) is 44.1 Å². The van der Waals surface area contributed by atoms with Gasteiger partial charge in [0.15, 0.2) is 0 Å². The van der Waals surface area contributed by atoms with Crippen molar-refractivity contribution in [3.8, 4) is 0 Å². The van der Waals surface area contributed by atoms with Gasteiger partial charge in [0.2, 0.25) is 11.8 Å². The number of carbonyl (C=O) groups is 2. The summed E-state index contributed by atoms with van der Waals surface area (Å²) in [7, 11) is 1.85. The molecule has 1 aromatic rings. The molecule has 2 fully saturated rings. The summed E-state index contributed by atoms with van der Waals surface area (Å²) in [6, 6.07) is 5.76. The Morgan fingerprint density at radius 2 is 2.21 bits per heavy atom. The topological polar surface area (TPSA) is 53.5 Å². The van der Waals surface area contributed by atoms with Crippen molar-refractivity contribution in [2.45, 2.75) is 39.7 Å². The van der Waals surface area contributed by atoms with Crippen LogP contribution in [-0.2, 0) is 16.1 Å². The molecule has 1 saturated heterocycles. The van der Waals surface area contributed by atoms with Gasteiger partial charge < -0.3 is 9.80 Å². The summed E-state index contributed by atoms with van der Waals surface area (Å²) in [4.78, 5) is 33.0. The zero-order chi connectivity index (χ0) is 17.3. The monoisotopic (exact) mass is 329 g/mol. The van der Waals surface area contributed by atoms with E-state index in [4.69, 9.17) is 0 Å². The van der Waals surface area contributed by atoms with Gasteiger partial charge in [0.1, 0.15) is 0 Å². The Bertz CT molecular complexity index is 616. The van der Waals surface area contributed by atoms with Crippen molar-refractivity contribution in [1.82, 2.24) is 14.8 Å². The van der Waals surface area contributed by atoms with Crippen LogP contribution >= 0.6 is 0 Å². The fourth-order valence-electron chi connectivity index (χ4n) is 3.81. The molecule has 1 aliphatic heterocycles. The Morgan fingerprint density at radius 1 is 1.42 bits per heavy atom. The molecule has 24 heavy (non-hydrogen) atoms. The Labute approximate surface area is 144 Å². The number of hydrogen-bond acceptors (Lipinski definition) is 3. The molecule has 5 nitrogen and oxygen atoms in total. The molecular formula is C19H27N3O2. The molecule has 1 aromatic heterocycles. The lowest BCUT2D eigenvalue weighted by atomic mass is 10.0. The number of amides is 2. The molecule has 0 bridgehead atoms. The molecule has 1 spiro atoms. The van der Waals surface area contributed by atoms with Gasteiger partial charge in [0.25, 0.3) is 0 Å². The minimum atomic E-state index is 0.0437. The summed E-state index contributed by atoms with van der Waals surface area (Å²) >= 11 is 0. The van der Waals surface area contributed by atoms with E-state index in [2.05, 4.69) is 18.8 Å². The van der Waals surface area contributed by atoms with Crippen LogP contribution in [0.4, 0.5) is 0 Å². The van der Waals surface area contributed by atoms with Crippen molar-refractivity contribution in [2.75, 3.05) is 20.1 Å². The fourth-order valence-corrected chi connectivity index (χ4v) is 3.81. The van der Waals surface area contributed by atoms with Crippen LogP contribution < -0.4 is 0 Å². The van der Waals surface area contributed by atoms with E-state index in [1.807, 2.05) is 30.1 Å². The molecular weight excluding hydrogens is 302 g/mol. The summed E-state index contributed by atoms with van der Waals surface area (Å²) in [5, 5.41) is 0. The molecule has 1 aliphatic carbocycles. The highest BCUT2D eigenvalue weighted by Crippen LogP contribution is 2.59. The summed E-state index contributed by atoms with van der Waals surface area (Å²) in [5.41, 5.74) is 0.949. The minimum absolute atomic E-state index is 0.0437. The molecule has 2 atom stereocenters.